The van der Waals surface area contributed by atoms with Crippen molar-refractivity contribution in [2.24, 2.45) is 0 Å². The summed E-state index contributed by atoms with van der Waals surface area (Å²) in [4.78, 5) is 0. The minimum Gasteiger partial charge on any atom is -0.392 e. The summed E-state index contributed by atoms with van der Waals surface area (Å²) in [7, 11) is 1.67. The topological polar surface area (TPSA) is 34.4 Å². The minimum atomic E-state index is 0.0887. The Labute approximate surface area is 82.5 Å². The van der Waals surface area contributed by atoms with Crippen molar-refractivity contribution in [3.63, 3.8) is 0 Å². The Morgan fingerprint density at radius 2 is 2.21 bits per heavy atom. The predicted molar refractivity (Wildman–Crippen MR) is 54.9 cm³/mol. The quantitative estimate of drug-likeness (QED) is 0.801. The van der Waals surface area contributed by atoms with E-state index in [1.165, 1.54) is 0 Å². The summed E-state index contributed by atoms with van der Waals surface area (Å²) in [5.41, 5.74) is 2.07. The Bertz CT molecular complexity index is 434. The Kier molecular flexibility index (Phi) is 2.52. The third-order valence-corrected chi connectivity index (χ3v) is 2.29. The maximum atomic E-state index is 8.98. The van der Waals surface area contributed by atoms with Crippen LogP contribution in [0.5, 0.6) is 0 Å². The molecule has 0 aliphatic carbocycles. The zero-order valence-electron chi connectivity index (χ0n) is 8.10. The molecule has 0 aliphatic rings. The van der Waals surface area contributed by atoms with Crippen LogP contribution in [-0.2, 0) is 18.1 Å². The molecule has 0 spiro atoms. The van der Waals surface area contributed by atoms with Gasteiger partial charge in [-0.1, -0.05) is 6.07 Å². The van der Waals surface area contributed by atoms with Crippen LogP contribution in [0, 0.1) is 0 Å². The molecule has 1 aromatic carbocycles. The lowest BCUT2D eigenvalue weighted by Gasteiger charge is -2.03. The molecule has 0 aliphatic heterocycles. The number of nitrogens with zero attached hydrogens (tertiary/aromatic N) is 1. The zero-order chi connectivity index (χ0) is 9.97. The molecule has 2 aromatic rings. The predicted octanol–water partition coefficient (Wildman–Crippen LogP) is 1.74. The smallest absolute Gasteiger partial charge is 0.122 e. The fourth-order valence-corrected chi connectivity index (χ4v) is 1.60. The molecule has 0 atom stereocenters. The Morgan fingerprint density at radius 1 is 1.36 bits per heavy atom. The normalized spacial score (nSPS) is 11.0. The molecule has 0 amide bonds. The van der Waals surface area contributed by atoms with E-state index >= 15 is 0 Å². The zero-order valence-corrected chi connectivity index (χ0v) is 8.10. The number of methoxy groups -OCH3 is 1. The van der Waals surface area contributed by atoms with Crippen molar-refractivity contribution in [2.75, 3.05) is 7.11 Å². The fourth-order valence-electron chi connectivity index (χ4n) is 1.60. The van der Waals surface area contributed by atoms with E-state index in [9.17, 15) is 0 Å². The van der Waals surface area contributed by atoms with Crippen molar-refractivity contribution in [3.05, 3.63) is 36.0 Å². The summed E-state index contributed by atoms with van der Waals surface area (Å²) in [6.07, 6.45) is 1.98. The van der Waals surface area contributed by atoms with E-state index in [4.69, 9.17) is 9.84 Å². The summed E-state index contributed by atoms with van der Waals surface area (Å²) in [5, 5.41) is 10.1. The second-order valence-electron chi connectivity index (χ2n) is 3.25. The van der Waals surface area contributed by atoms with Crippen LogP contribution < -0.4 is 0 Å². The van der Waals surface area contributed by atoms with Crippen LogP contribution in [0.25, 0.3) is 10.9 Å². The molecule has 74 valence electrons. The molecule has 0 unspecified atom stereocenters. The second kappa shape index (κ2) is 3.82. The number of fused-ring (bicyclic) bond motifs is 1. The van der Waals surface area contributed by atoms with Crippen LogP contribution in [0.1, 0.15) is 5.56 Å². The molecule has 1 N–H and O–H groups in total. The van der Waals surface area contributed by atoms with Gasteiger partial charge in [0.05, 0.1) is 6.61 Å². The van der Waals surface area contributed by atoms with Crippen molar-refractivity contribution in [1.82, 2.24) is 4.57 Å². The van der Waals surface area contributed by atoms with E-state index in [-0.39, 0.29) is 6.61 Å². The van der Waals surface area contributed by atoms with Crippen molar-refractivity contribution >= 4 is 10.9 Å². The molecule has 1 aromatic heterocycles. The number of aliphatic hydroxyl groups excluding tert-OH is 1. The van der Waals surface area contributed by atoms with Crippen molar-refractivity contribution in [2.45, 2.75) is 13.3 Å². The lowest BCUT2D eigenvalue weighted by atomic mass is 10.2. The Balaban J connectivity index is 2.48. The van der Waals surface area contributed by atoms with Gasteiger partial charge < -0.3 is 14.4 Å². The molecule has 14 heavy (non-hydrogen) atoms. The number of hydrogen-bond donors (Lipinski definition) is 1. The molecule has 1 heterocycles. The number of rotatable bonds is 3. The first kappa shape index (κ1) is 9.24. The number of benzene rings is 1. The van der Waals surface area contributed by atoms with Gasteiger partial charge in [0.25, 0.3) is 0 Å². The molecule has 0 saturated carbocycles. The lowest BCUT2D eigenvalue weighted by molar-refractivity contribution is 0.135. The second-order valence-corrected chi connectivity index (χ2v) is 3.25. The third-order valence-electron chi connectivity index (χ3n) is 2.29. The van der Waals surface area contributed by atoms with Crippen molar-refractivity contribution in [1.29, 1.82) is 0 Å². The monoisotopic (exact) mass is 191 g/mol. The van der Waals surface area contributed by atoms with Crippen LogP contribution in [0.15, 0.2) is 30.5 Å². The van der Waals surface area contributed by atoms with Crippen LogP contribution in [0.2, 0.25) is 0 Å². The molecular formula is C11H13NO2. The maximum absolute atomic E-state index is 8.98. The summed E-state index contributed by atoms with van der Waals surface area (Å²) in [6, 6.07) is 7.93. The largest absolute Gasteiger partial charge is 0.392 e. The van der Waals surface area contributed by atoms with E-state index in [1.807, 2.05) is 35.0 Å². The molecule has 2 rings (SSSR count). The van der Waals surface area contributed by atoms with Gasteiger partial charge in [-0.05, 0) is 29.1 Å². The molecular weight excluding hydrogens is 178 g/mol. The average molecular weight is 191 g/mol. The van der Waals surface area contributed by atoms with Gasteiger partial charge in [-0.25, -0.2) is 0 Å². The van der Waals surface area contributed by atoms with Gasteiger partial charge in [-0.15, -0.1) is 0 Å². The van der Waals surface area contributed by atoms with Crippen LogP contribution in [-0.4, -0.2) is 16.8 Å². The average Bonchev–Trinajstić information content (AvgIpc) is 2.61. The first-order chi connectivity index (χ1) is 6.85. The highest BCUT2D eigenvalue weighted by Gasteiger charge is 2.00. The van der Waals surface area contributed by atoms with E-state index in [0.717, 1.165) is 16.5 Å². The van der Waals surface area contributed by atoms with E-state index in [2.05, 4.69) is 0 Å². The summed E-state index contributed by atoms with van der Waals surface area (Å²) in [6.45, 7) is 0.646. The van der Waals surface area contributed by atoms with Gasteiger partial charge >= 0.3 is 0 Å². The SMILES string of the molecule is COCn1ccc2cc(CO)ccc21. The number of ether oxygens (including phenoxy) is 1. The molecule has 0 fully saturated rings. The third kappa shape index (κ3) is 1.52. The van der Waals surface area contributed by atoms with Gasteiger partial charge in [0, 0.05) is 18.8 Å². The van der Waals surface area contributed by atoms with Crippen molar-refractivity contribution < 1.29 is 9.84 Å². The van der Waals surface area contributed by atoms with Crippen LogP contribution in [0.4, 0.5) is 0 Å². The first-order valence-corrected chi connectivity index (χ1v) is 4.52. The maximum Gasteiger partial charge on any atom is 0.122 e. The highest BCUT2D eigenvalue weighted by Crippen LogP contribution is 2.17. The summed E-state index contributed by atoms with van der Waals surface area (Å²) >= 11 is 0. The Morgan fingerprint density at radius 3 is 2.93 bits per heavy atom. The van der Waals surface area contributed by atoms with E-state index in [1.54, 1.807) is 7.11 Å². The summed E-state index contributed by atoms with van der Waals surface area (Å²) in [5.74, 6) is 0. The first-order valence-electron chi connectivity index (χ1n) is 4.52. The van der Waals surface area contributed by atoms with Gasteiger partial charge in [-0.2, -0.15) is 0 Å². The molecule has 0 saturated heterocycles. The molecule has 3 heteroatoms. The van der Waals surface area contributed by atoms with Crippen molar-refractivity contribution in [3.8, 4) is 0 Å². The van der Waals surface area contributed by atoms with Gasteiger partial charge in [0.2, 0.25) is 0 Å². The Hall–Kier alpha value is -1.32. The standard InChI is InChI=1S/C11H13NO2/c1-14-8-12-5-4-10-6-9(7-13)2-3-11(10)12/h2-6,13H,7-8H2,1H3. The van der Waals surface area contributed by atoms with E-state index in [0.29, 0.717) is 6.73 Å². The summed E-state index contributed by atoms with van der Waals surface area (Å²) < 4.78 is 7.09. The fraction of sp³-hybridized carbons (Fsp3) is 0.273. The number of aliphatic hydroxyl groups is 1. The van der Waals surface area contributed by atoms with Gasteiger partial charge in [-0.3, -0.25) is 0 Å². The van der Waals surface area contributed by atoms with Gasteiger partial charge in [0.1, 0.15) is 6.73 Å². The number of aromatic nitrogens is 1. The van der Waals surface area contributed by atoms with E-state index < -0.39 is 0 Å². The minimum absolute atomic E-state index is 0.0887. The lowest BCUT2D eigenvalue weighted by Crippen LogP contribution is -1.97. The number of hydrogen-bond acceptors (Lipinski definition) is 2. The molecule has 3 nitrogen and oxygen atoms in total. The molecule has 0 bridgehead atoms. The van der Waals surface area contributed by atoms with Gasteiger partial charge in [0.15, 0.2) is 0 Å². The highest BCUT2D eigenvalue weighted by molar-refractivity contribution is 5.80. The highest BCUT2D eigenvalue weighted by atomic mass is 16.5. The van der Waals surface area contributed by atoms with Crippen LogP contribution in [0.3, 0.4) is 0 Å². The molecule has 0 radical (unpaired) electrons. The van der Waals surface area contributed by atoms with Crippen LogP contribution >= 0.6 is 0 Å².